The van der Waals surface area contributed by atoms with Gasteiger partial charge < -0.3 is 10.4 Å². The van der Waals surface area contributed by atoms with Gasteiger partial charge in [0.05, 0.1) is 12.6 Å². The molecular formula is C14H21NO2. The van der Waals surface area contributed by atoms with Crippen LogP contribution in [0.2, 0.25) is 0 Å². The van der Waals surface area contributed by atoms with Crippen molar-refractivity contribution in [2.24, 2.45) is 5.92 Å². The lowest BCUT2D eigenvalue weighted by molar-refractivity contribution is 0.0895. The first-order valence-electron chi connectivity index (χ1n) is 5.95. The molecule has 0 radical (unpaired) electrons. The van der Waals surface area contributed by atoms with Crippen LogP contribution < -0.4 is 5.32 Å². The average Bonchev–Trinajstić information content (AvgIpc) is 2.25. The lowest BCUT2D eigenvalue weighted by Crippen LogP contribution is -2.41. The molecule has 1 aromatic rings. The molecule has 0 aliphatic carbocycles. The molecule has 94 valence electrons. The minimum Gasteiger partial charge on any atom is -0.394 e. The normalized spacial score (nSPS) is 12.6. The van der Waals surface area contributed by atoms with Gasteiger partial charge in [-0.2, -0.15) is 0 Å². The summed E-state index contributed by atoms with van der Waals surface area (Å²) in [5, 5.41) is 12.1. The average molecular weight is 235 g/mol. The summed E-state index contributed by atoms with van der Waals surface area (Å²) in [6, 6.07) is 5.59. The molecule has 3 heteroatoms. The predicted molar refractivity (Wildman–Crippen MR) is 69.1 cm³/mol. The van der Waals surface area contributed by atoms with Gasteiger partial charge in [-0.15, -0.1) is 0 Å². The number of hydrogen-bond acceptors (Lipinski definition) is 2. The first kappa shape index (κ1) is 13.7. The molecule has 0 aliphatic rings. The zero-order valence-corrected chi connectivity index (χ0v) is 10.9. The molecule has 0 aromatic heterocycles. The second-order valence-electron chi connectivity index (χ2n) is 4.77. The van der Waals surface area contributed by atoms with Crippen molar-refractivity contribution in [2.45, 2.75) is 33.7 Å². The van der Waals surface area contributed by atoms with Crippen molar-refractivity contribution in [1.29, 1.82) is 0 Å². The van der Waals surface area contributed by atoms with Gasteiger partial charge in [0.25, 0.3) is 5.91 Å². The van der Waals surface area contributed by atoms with E-state index in [4.69, 9.17) is 0 Å². The summed E-state index contributed by atoms with van der Waals surface area (Å²) in [7, 11) is 0. The van der Waals surface area contributed by atoms with E-state index in [2.05, 4.69) is 5.32 Å². The molecular weight excluding hydrogens is 214 g/mol. The summed E-state index contributed by atoms with van der Waals surface area (Å²) < 4.78 is 0. The number of nitrogens with one attached hydrogen (secondary N) is 1. The number of hydrogen-bond donors (Lipinski definition) is 2. The van der Waals surface area contributed by atoms with Crippen LogP contribution in [0.15, 0.2) is 18.2 Å². The third kappa shape index (κ3) is 3.30. The zero-order chi connectivity index (χ0) is 13.0. The highest BCUT2D eigenvalue weighted by atomic mass is 16.3. The molecule has 1 aromatic carbocycles. The van der Waals surface area contributed by atoms with Crippen LogP contribution in [0, 0.1) is 19.8 Å². The number of amides is 1. The first-order chi connectivity index (χ1) is 7.97. The number of carbonyl (C=O) groups excluding carboxylic acids is 1. The maximum atomic E-state index is 12.1. The molecule has 1 rings (SSSR count). The molecule has 2 N–H and O–H groups in total. The monoisotopic (exact) mass is 235 g/mol. The number of benzene rings is 1. The third-order valence-electron chi connectivity index (χ3n) is 3.03. The fourth-order valence-electron chi connectivity index (χ4n) is 1.84. The molecule has 0 aliphatic heterocycles. The Morgan fingerprint density at radius 1 is 1.29 bits per heavy atom. The highest BCUT2D eigenvalue weighted by Crippen LogP contribution is 2.14. The smallest absolute Gasteiger partial charge is 0.252 e. The van der Waals surface area contributed by atoms with Gasteiger partial charge in [0.1, 0.15) is 0 Å². The topological polar surface area (TPSA) is 49.3 Å². The third-order valence-corrected chi connectivity index (χ3v) is 3.03. The van der Waals surface area contributed by atoms with Crippen molar-refractivity contribution in [3.05, 3.63) is 34.9 Å². The Bertz CT molecular complexity index is 379. The van der Waals surface area contributed by atoms with Crippen LogP contribution in [0.1, 0.15) is 35.3 Å². The summed E-state index contributed by atoms with van der Waals surface area (Å²) in [5.41, 5.74) is 2.64. The Balaban J connectivity index is 2.90. The quantitative estimate of drug-likeness (QED) is 0.839. The van der Waals surface area contributed by atoms with Gasteiger partial charge in [0.15, 0.2) is 0 Å². The van der Waals surface area contributed by atoms with Gasteiger partial charge in [0.2, 0.25) is 0 Å². The first-order valence-corrected chi connectivity index (χ1v) is 5.95. The van der Waals surface area contributed by atoms with E-state index in [1.807, 2.05) is 45.9 Å². The molecule has 0 fully saturated rings. The Hall–Kier alpha value is -1.35. The molecule has 0 unspecified atom stereocenters. The van der Waals surface area contributed by atoms with Crippen LogP contribution in [-0.2, 0) is 0 Å². The Morgan fingerprint density at radius 2 is 1.82 bits per heavy atom. The summed E-state index contributed by atoms with van der Waals surface area (Å²) in [5.74, 6) is 0.113. The summed E-state index contributed by atoms with van der Waals surface area (Å²) in [6.45, 7) is 7.77. The molecule has 0 heterocycles. The summed E-state index contributed by atoms with van der Waals surface area (Å²) >= 11 is 0. The van der Waals surface area contributed by atoms with Gasteiger partial charge in [-0.1, -0.05) is 32.0 Å². The van der Waals surface area contributed by atoms with E-state index in [9.17, 15) is 9.90 Å². The number of aliphatic hydroxyl groups excluding tert-OH is 1. The van der Waals surface area contributed by atoms with E-state index >= 15 is 0 Å². The van der Waals surface area contributed by atoms with Crippen LogP contribution in [0.3, 0.4) is 0 Å². The van der Waals surface area contributed by atoms with Gasteiger partial charge in [-0.3, -0.25) is 4.79 Å². The van der Waals surface area contributed by atoms with E-state index in [0.717, 1.165) is 11.1 Å². The second kappa shape index (κ2) is 5.82. The van der Waals surface area contributed by atoms with Crippen LogP contribution >= 0.6 is 0 Å². The number of rotatable bonds is 4. The summed E-state index contributed by atoms with van der Waals surface area (Å²) in [6.07, 6.45) is 0. The van der Waals surface area contributed by atoms with E-state index < -0.39 is 0 Å². The van der Waals surface area contributed by atoms with E-state index in [1.165, 1.54) is 0 Å². The van der Waals surface area contributed by atoms with Crippen molar-refractivity contribution < 1.29 is 9.90 Å². The van der Waals surface area contributed by atoms with Crippen molar-refractivity contribution >= 4 is 5.91 Å². The molecule has 0 saturated carbocycles. The molecule has 17 heavy (non-hydrogen) atoms. The number of aryl methyl sites for hydroxylation is 2. The van der Waals surface area contributed by atoms with Crippen LogP contribution in [0.4, 0.5) is 0 Å². The molecule has 0 bridgehead atoms. The lowest BCUT2D eigenvalue weighted by atomic mass is 10.0. The van der Waals surface area contributed by atoms with Crippen molar-refractivity contribution in [2.75, 3.05) is 6.61 Å². The molecule has 1 amide bonds. The lowest BCUT2D eigenvalue weighted by Gasteiger charge is -2.21. The van der Waals surface area contributed by atoms with Crippen LogP contribution in [0.25, 0.3) is 0 Å². The standard InChI is InChI=1S/C14H21NO2/c1-9(2)12(8-16)15-14(17)13-10(3)6-5-7-11(13)4/h5-7,9,12,16H,8H2,1-4H3,(H,15,17)/t12-/m1/s1. The Labute approximate surface area is 103 Å². The zero-order valence-electron chi connectivity index (χ0n) is 10.9. The van der Waals surface area contributed by atoms with E-state index in [1.54, 1.807) is 0 Å². The number of aliphatic hydroxyl groups is 1. The minimum atomic E-state index is -0.193. The van der Waals surface area contributed by atoms with Crippen LogP contribution in [0.5, 0.6) is 0 Å². The second-order valence-corrected chi connectivity index (χ2v) is 4.77. The van der Waals surface area contributed by atoms with Crippen molar-refractivity contribution in [3.8, 4) is 0 Å². The van der Waals surface area contributed by atoms with Gasteiger partial charge in [0, 0.05) is 5.56 Å². The maximum absolute atomic E-state index is 12.1. The van der Waals surface area contributed by atoms with E-state index in [0.29, 0.717) is 5.56 Å². The van der Waals surface area contributed by atoms with Gasteiger partial charge in [-0.25, -0.2) is 0 Å². The minimum absolute atomic E-state index is 0.0334. The highest BCUT2D eigenvalue weighted by molar-refractivity contribution is 5.97. The predicted octanol–water partition coefficient (Wildman–Crippen LogP) is 2.05. The maximum Gasteiger partial charge on any atom is 0.252 e. The SMILES string of the molecule is Cc1cccc(C)c1C(=O)N[C@H](CO)C(C)C. The summed E-state index contributed by atoms with van der Waals surface area (Å²) in [4.78, 5) is 12.1. The molecule has 3 nitrogen and oxygen atoms in total. The fraction of sp³-hybridized carbons (Fsp3) is 0.500. The van der Waals surface area contributed by atoms with Crippen molar-refractivity contribution in [1.82, 2.24) is 5.32 Å². The fourth-order valence-corrected chi connectivity index (χ4v) is 1.84. The largest absolute Gasteiger partial charge is 0.394 e. The van der Waals surface area contributed by atoms with E-state index in [-0.39, 0.29) is 24.5 Å². The number of carbonyl (C=O) groups is 1. The molecule has 0 saturated heterocycles. The highest BCUT2D eigenvalue weighted by Gasteiger charge is 2.18. The van der Waals surface area contributed by atoms with Crippen LogP contribution in [-0.4, -0.2) is 23.7 Å². The Morgan fingerprint density at radius 3 is 2.24 bits per heavy atom. The van der Waals surface area contributed by atoms with Gasteiger partial charge in [-0.05, 0) is 30.9 Å². The Kier molecular flexibility index (Phi) is 4.70. The van der Waals surface area contributed by atoms with Crippen molar-refractivity contribution in [3.63, 3.8) is 0 Å². The molecule has 1 atom stereocenters. The molecule has 0 spiro atoms. The van der Waals surface area contributed by atoms with Gasteiger partial charge >= 0.3 is 0 Å².